The molecule has 0 aromatic rings. The summed E-state index contributed by atoms with van der Waals surface area (Å²) in [5.41, 5.74) is 0. The quantitative estimate of drug-likeness (QED) is 0.417. The highest BCUT2D eigenvalue weighted by Crippen LogP contribution is 2.00. The van der Waals surface area contributed by atoms with E-state index in [-0.39, 0.29) is 12.1 Å². The van der Waals surface area contributed by atoms with Crippen molar-refractivity contribution in [1.82, 2.24) is 0 Å². The van der Waals surface area contributed by atoms with Gasteiger partial charge in [0.15, 0.2) is 0 Å². The molecule has 0 heterocycles. The molecule has 0 rings (SSSR count). The largest absolute Gasteiger partial charge is 0.516 e. The van der Waals surface area contributed by atoms with Crippen LogP contribution in [0.1, 0.15) is 26.7 Å². The van der Waals surface area contributed by atoms with Crippen LogP contribution < -0.4 is 0 Å². The van der Waals surface area contributed by atoms with Crippen LogP contribution in [0.25, 0.3) is 0 Å². The molecule has 0 aliphatic heterocycles. The molecule has 0 radical (unpaired) electrons. The average Bonchev–Trinajstić information content (AvgIpc) is 2.06. The van der Waals surface area contributed by atoms with Crippen LogP contribution in [-0.2, 0) is 9.53 Å². The Morgan fingerprint density at radius 2 is 2.08 bits per heavy atom. The third-order valence-corrected chi connectivity index (χ3v) is 1.18. The highest BCUT2D eigenvalue weighted by molar-refractivity contribution is 5.81. The first-order chi connectivity index (χ1) is 6.12. The van der Waals surface area contributed by atoms with Crippen molar-refractivity contribution in [2.45, 2.75) is 32.8 Å². The first-order valence-corrected chi connectivity index (χ1v) is 4.20. The van der Waals surface area contributed by atoms with Crippen molar-refractivity contribution < 1.29 is 14.6 Å². The van der Waals surface area contributed by atoms with E-state index in [2.05, 4.69) is 20.1 Å². The van der Waals surface area contributed by atoms with E-state index in [0.29, 0.717) is 0 Å². The van der Waals surface area contributed by atoms with Gasteiger partial charge in [-0.1, -0.05) is 26.5 Å². The molecule has 3 heteroatoms. The van der Waals surface area contributed by atoms with Gasteiger partial charge in [-0.25, -0.2) is 4.79 Å². The molecular formula is C10H18O3. The average molecular weight is 186 g/mol. The summed E-state index contributed by atoms with van der Waals surface area (Å²) in [6.07, 6.45) is 3.91. The van der Waals surface area contributed by atoms with Crippen molar-refractivity contribution in [3.63, 3.8) is 0 Å². The monoisotopic (exact) mass is 186 g/mol. The molecule has 0 saturated carbocycles. The predicted octanol–water partition coefficient (Wildman–Crippen LogP) is 2.59. The molecule has 1 N–H and O–H groups in total. The van der Waals surface area contributed by atoms with Crippen LogP contribution in [0, 0.1) is 0 Å². The zero-order valence-electron chi connectivity index (χ0n) is 8.32. The van der Waals surface area contributed by atoms with Gasteiger partial charge >= 0.3 is 5.97 Å². The Labute approximate surface area is 79.7 Å². The SMILES string of the molecule is C=CC(=O)OC(C)CCC.C=CO. The normalized spacial score (nSPS) is 10.3. The molecule has 0 aliphatic carbocycles. The van der Waals surface area contributed by atoms with Gasteiger partial charge in [-0.2, -0.15) is 0 Å². The minimum Gasteiger partial charge on any atom is -0.516 e. The maximum absolute atomic E-state index is 10.6. The van der Waals surface area contributed by atoms with E-state index in [1.165, 1.54) is 6.08 Å². The number of esters is 1. The van der Waals surface area contributed by atoms with E-state index >= 15 is 0 Å². The van der Waals surface area contributed by atoms with Crippen LogP contribution in [0.3, 0.4) is 0 Å². The Balaban J connectivity index is 0. The number of rotatable bonds is 4. The van der Waals surface area contributed by atoms with Crippen LogP contribution in [0.15, 0.2) is 25.5 Å². The van der Waals surface area contributed by atoms with Gasteiger partial charge in [0.2, 0.25) is 0 Å². The summed E-state index contributed by atoms with van der Waals surface area (Å²) < 4.78 is 4.88. The zero-order valence-corrected chi connectivity index (χ0v) is 8.32. The number of aliphatic hydroxyl groups excluding tert-OH is 1. The summed E-state index contributed by atoms with van der Waals surface area (Å²) in [5.74, 6) is -0.332. The zero-order chi connectivity index (χ0) is 10.7. The molecule has 0 fully saturated rings. The van der Waals surface area contributed by atoms with Gasteiger partial charge in [-0.3, -0.25) is 0 Å². The second kappa shape index (κ2) is 10.8. The van der Waals surface area contributed by atoms with Crippen LogP contribution >= 0.6 is 0 Å². The van der Waals surface area contributed by atoms with Crippen molar-refractivity contribution >= 4 is 5.97 Å². The number of hydrogen-bond donors (Lipinski definition) is 1. The first-order valence-electron chi connectivity index (χ1n) is 4.20. The van der Waals surface area contributed by atoms with Crippen LogP contribution in [0.2, 0.25) is 0 Å². The molecule has 0 aromatic carbocycles. The Kier molecular flexibility index (Phi) is 11.8. The maximum atomic E-state index is 10.6. The van der Waals surface area contributed by atoms with Gasteiger partial charge in [0.25, 0.3) is 0 Å². The van der Waals surface area contributed by atoms with Gasteiger partial charge in [0.1, 0.15) is 0 Å². The van der Waals surface area contributed by atoms with Gasteiger partial charge in [0.05, 0.1) is 12.4 Å². The molecule has 0 aromatic heterocycles. The lowest BCUT2D eigenvalue weighted by atomic mass is 10.2. The fourth-order valence-corrected chi connectivity index (χ4v) is 0.712. The Bertz CT molecular complexity index is 152. The van der Waals surface area contributed by atoms with Gasteiger partial charge in [-0.05, 0) is 13.3 Å². The second-order valence-corrected chi connectivity index (χ2v) is 2.42. The third kappa shape index (κ3) is 13.7. The maximum Gasteiger partial charge on any atom is 0.330 e. The van der Waals surface area contributed by atoms with Crippen LogP contribution in [-0.4, -0.2) is 17.2 Å². The van der Waals surface area contributed by atoms with E-state index < -0.39 is 0 Å². The minimum atomic E-state index is -0.332. The highest BCUT2D eigenvalue weighted by Gasteiger charge is 2.03. The van der Waals surface area contributed by atoms with Crippen molar-refractivity contribution in [3.05, 3.63) is 25.5 Å². The molecule has 0 aliphatic rings. The summed E-state index contributed by atoms with van der Waals surface area (Å²) in [5, 5.41) is 7.33. The van der Waals surface area contributed by atoms with E-state index in [9.17, 15) is 4.79 Å². The van der Waals surface area contributed by atoms with E-state index in [1.807, 2.05) is 6.92 Å². The van der Waals surface area contributed by atoms with Gasteiger partial charge in [-0.15, -0.1) is 0 Å². The van der Waals surface area contributed by atoms with Crippen molar-refractivity contribution in [3.8, 4) is 0 Å². The Morgan fingerprint density at radius 1 is 1.62 bits per heavy atom. The first kappa shape index (κ1) is 14.3. The molecule has 0 spiro atoms. The minimum absolute atomic E-state index is 0.0236. The lowest BCUT2D eigenvalue weighted by Gasteiger charge is -2.09. The molecule has 1 atom stereocenters. The number of carbonyl (C=O) groups excluding carboxylic acids is 1. The predicted molar refractivity (Wildman–Crippen MR) is 53.5 cm³/mol. The van der Waals surface area contributed by atoms with Crippen molar-refractivity contribution in [1.29, 1.82) is 0 Å². The molecular weight excluding hydrogens is 168 g/mol. The lowest BCUT2D eigenvalue weighted by molar-refractivity contribution is -0.142. The fraction of sp³-hybridized carbons (Fsp3) is 0.500. The molecule has 0 saturated heterocycles. The van der Waals surface area contributed by atoms with Crippen LogP contribution in [0.5, 0.6) is 0 Å². The lowest BCUT2D eigenvalue weighted by Crippen LogP contribution is -2.11. The Hall–Kier alpha value is -1.25. The third-order valence-electron chi connectivity index (χ3n) is 1.18. The Morgan fingerprint density at radius 3 is 2.38 bits per heavy atom. The van der Waals surface area contributed by atoms with E-state index in [4.69, 9.17) is 9.84 Å². The van der Waals surface area contributed by atoms with Gasteiger partial charge < -0.3 is 9.84 Å². The summed E-state index contributed by atoms with van der Waals surface area (Å²) >= 11 is 0. The highest BCUT2D eigenvalue weighted by atomic mass is 16.5. The standard InChI is InChI=1S/C8H14O2.C2H4O/c1-4-6-7(3)10-8(9)5-2;1-2-3/h5,7H,2,4,6H2,1,3H3;2-3H,1H2. The topological polar surface area (TPSA) is 46.5 Å². The number of aliphatic hydroxyl groups is 1. The van der Waals surface area contributed by atoms with Crippen LogP contribution in [0.4, 0.5) is 0 Å². The summed E-state index contributed by atoms with van der Waals surface area (Å²) in [7, 11) is 0. The molecule has 0 bridgehead atoms. The smallest absolute Gasteiger partial charge is 0.330 e. The van der Waals surface area contributed by atoms with E-state index in [0.717, 1.165) is 19.1 Å². The fourth-order valence-electron chi connectivity index (χ4n) is 0.712. The van der Waals surface area contributed by atoms with E-state index in [1.54, 1.807) is 0 Å². The number of ether oxygens (including phenoxy) is 1. The second-order valence-electron chi connectivity index (χ2n) is 2.42. The summed E-state index contributed by atoms with van der Waals surface area (Å²) in [4.78, 5) is 10.6. The molecule has 76 valence electrons. The summed E-state index contributed by atoms with van der Waals surface area (Å²) in [6.45, 7) is 10.1. The van der Waals surface area contributed by atoms with Gasteiger partial charge in [0, 0.05) is 6.08 Å². The molecule has 1 unspecified atom stereocenters. The molecule has 13 heavy (non-hydrogen) atoms. The number of hydrogen-bond acceptors (Lipinski definition) is 3. The number of carbonyl (C=O) groups is 1. The van der Waals surface area contributed by atoms with Crippen molar-refractivity contribution in [2.75, 3.05) is 0 Å². The molecule has 0 amide bonds. The van der Waals surface area contributed by atoms with Crippen molar-refractivity contribution in [2.24, 2.45) is 0 Å². The summed E-state index contributed by atoms with van der Waals surface area (Å²) in [6, 6.07) is 0. The molecule has 3 nitrogen and oxygen atoms in total.